The third-order valence-corrected chi connectivity index (χ3v) is 8.00. The minimum atomic E-state index is -0.350. The number of rotatable bonds is 8. The van der Waals surface area contributed by atoms with Gasteiger partial charge in [-0.2, -0.15) is 10.2 Å². The number of nitrogens with zero attached hydrogens (tertiary/aromatic N) is 4. The molecule has 9 nitrogen and oxygen atoms in total. The standard InChI is InChI=1S/C35H30N6O3/c42-33-31(17-23-7-3-1-4-8-23)40(21-25-11-13-29-27(15-25)19-36-38-29)35(44)41(22-26-12-14-30-28(16-26)20-37-39-30)32(34(33)43)18-24-9-5-2-6-10-24/h1-16,19-20,42-43H,17-18,21-22H2,(H,36,38)(H,37,39). The van der Waals surface area contributed by atoms with Gasteiger partial charge in [0.1, 0.15) is 0 Å². The van der Waals surface area contributed by atoms with Crippen molar-refractivity contribution in [2.45, 2.75) is 25.9 Å². The molecule has 6 aromatic rings. The van der Waals surface area contributed by atoms with Crippen LogP contribution in [-0.4, -0.2) is 46.4 Å². The van der Waals surface area contributed by atoms with E-state index in [1.807, 2.05) is 97.1 Å². The highest BCUT2D eigenvalue weighted by Gasteiger charge is 2.36. The minimum absolute atomic E-state index is 0.176. The first-order valence-electron chi connectivity index (χ1n) is 14.4. The molecule has 0 saturated heterocycles. The summed E-state index contributed by atoms with van der Waals surface area (Å²) in [6, 6.07) is 30.6. The molecule has 9 heteroatoms. The van der Waals surface area contributed by atoms with E-state index in [0.717, 1.165) is 44.1 Å². The lowest BCUT2D eigenvalue weighted by Crippen LogP contribution is -2.41. The number of H-pyrrole nitrogens is 2. The average Bonchev–Trinajstić information content (AvgIpc) is 3.72. The Kier molecular flexibility index (Phi) is 7.03. The highest BCUT2D eigenvalue weighted by atomic mass is 16.3. The van der Waals surface area contributed by atoms with Gasteiger partial charge >= 0.3 is 6.03 Å². The lowest BCUT2D eigenvalue weighted by Gasteiger charge is -2.31. The van der Waals surface area contributed by atoms with Gasteiger partial charge in [0.05, 0.1) is 47.9 Å². The molecule has 0 atom stereocenters. The fraction of sp³-hybridized carbons (Fsp3) is 0.114. The number of nitrogens with one attached hydrogen (secondary N) is 2. The van der Waals surface area contributed by atoms with E-state index in [0.29, 0.717) is 11.4 Å². The van der Waals surface area contributed by atoms with Crippen LogP contribution in [0.25, 0.3) is 21.8 Å². The molecule has 0 fully saturated rings. The fourth-order valence-corrected chi connectivity index (χ4v) is 5.71. The number of hydrogen-bond acceptors (Lipinski definition) is 5. The second kappa shape index (κ2) is 11.4. The summed E-state index contributed by atoms with van der Waals surface area (Å²) >= 11 is 0. The Hall–Kier alpha value is -5.83. The van der Waals surface area contributed by atoms with Crippen LogP contribution in [0.15, 0.2) is 132 Å². The van der Waals surface area contributed by atoms with Crippen LogP contribution in [0.3, 0.4) is 0 Å². The van der Waals surface area contributed by atoms with E-state index in [9.17, 15) is 15.0 Å². The van der Waals surface area contributed by atoms with Crippen molar-refractivity contribution in [3.63, 3.8) is 0 Å². The maximum Gasteiger partial charge on any atom is 0.329 e. The number of carbonyl (C=O) groups is 1. The minimum Gasteiger partial charge on any atom is -0.503 e. The van der Waals surface area contributed by atoms with Gasteiger partial charge in [-0.15, -0.1) is 0 Å². The number of amides is 2. The van der Waals surface area contributed by atoms with E-state index >= 15 is 0 Å². The molecular weight excluding hydrogens is 552 g/mol. The zero-order chi connectivity index (χ0) is 30.0. The lowest BCUT2D eigenvalue weighted by molar-refractivity contribution is 0.171. The zero-order valence-corrected chi connectivity index (χ0v) is 23.8. The maximum absolute atomic E-state index is 14.8. The van der Waals surface area contributed by atoms with Crippen LogP contribution < -0.4 is 0 Å². The molecule has 0 radical (unpaired) electrons. The Labute approximate surface area is 253 Å². The quantitative estimate of drug-likeness (QED) is 0.156. The number of allylic oxidation sites excluding steroid dienone is 2. The van der Waals surface area contributed by atoms with Crippen LogP contribution in [0, 0.1) is 0 Å². The molecule has 0 unspecified atom stereocenters. The molecule has 3 heterocycles. The number of urea groups is 1. The van der Waals surface area contributed by atoms with Gasteiger partial charge in [0.15, 0.2) is 11.5 Å². The summed E-state index contributed by atoms with van der Waals surface area (Å²) in [6.07, 6.45) is 3.96. The third-order valence-electron chi connectivity index (χ3n) is 8.00. The van der Waals surface area contributed by atoms with Gasteiger partial charge < -0.3 is 10.2 Å². The van der Waals surface area contributed by atoms with E-state index in [1.165, 1.54) is 0 Å². The number of hydrogen-bond donors (Lipinski definition) is 4. The van der Waals surface area contributed by atoms with Crippen molar-refractivity contribution in [1.82, 2.24) is 30.2 Å². The Morgan fingerprint density at radius 2 is 1.00 bits per heavy atom. The van der Waals surface area contributed by atoms with Crippen molar-refractivity contribution in [1.29, 1.82) is 0 Å². The van der Waals surface area contributed by atoms with Crippen LogP contribution in [0.5, 0.6) is 0 Å². The largest absolute Gasteiger partial charge is 0.503 e. The molecule has 7 rings (SSSR count). The molecule has 0 bridgehead atoms. The Bertz CT molecular complexity index is 1880. The summed E-state index contributed by atoms with van der Waals surface area (Å²) in [4.78, 5) is 18.0. The summed E-state index contributed by atoms with van der Waals surface area (Å²) in [5.41, 5.74) is 5.93. The summed E-state index contributed by atoms with van der Waals surface area (Å²) in [7, 11) is 0. The SMILES string of the molecule is O=C1N(Cc2ccc3[nH]ncc3c2)C(Cc2ccccc2)=C(O)C(O)=C(Cc2ccccc2)N1Cc1ccc2[nH]ncc2c1. The number of aromatic amines is 2. The van der Waals surface area contributed by atoms with Crippen LogP contribution in [0.2, 0.25) is 0 Å². The normalized spacial score (nSPS) is 14.2. The first kappa shape index (κ1) is 27.0. The van der Waals surface area contributed by atoms with Gasteiger partial charge in [-0.1, -0.05) is 72.8 Å². The second-order valence-electron chi connectivity index (χ2n) is 11.0. The van der Waals surface area contributed by atoms with Gasteiger partial charge in [-0.25, -0.2) is 4.79 Å². The first-order chi connectivity index (χ1) is 21.5. The molecule has 1 aliphatic heterocycles. The molecular formula is C35H30N6O3. The van der Waals surface area contributed by atoms with Crippen molar-refractivity contribution in [2.75, 3.05) is 0 Å². The van der Waals surface area contributed by atoms with Gasteiger partial charge in [0.2, 0.25) is 0 Å². The molecule has 4 aromatic carbocycles. The van der Waals surface area contributed by atoms with Crippen molar-refractivity contribution in [3.8, 4) is 0 Å². The molecule has 44 heavy (non-hydrogen) atoms. The van der Waals surface area contributed by atoms with Gasteiger partial charge in [-0.3, -0.25) is 20.0 Å². The number of carbonyl (C=O) groups excluding carboxylic acids is 1. The van der Waals surface area contributed by atoms with Crippen molar-refractivity contribution in [3.05, 3.63) is 155 Å². The van der Waals surface area contributed by atoms with E-state index in [4.69, 9.17) is 0 Å². The molecule has 4 N–H and O–H groups in total. The smallest absolute Gasteiger partial charge is 0.329 e. The highest BCUT2D eigenvalue weighted by Crippen LogP contribution is 2.33. The molecule has 1 aliphatic rings. The molecule has 0 spiro atoms. The number of aliphatic hydroxyl groups excluding tert-OH is 2. The molecule has 2 aromatic heterocycles. The summed E-state index contributed by atoms with van der Waals surface area (Å²) in [6.45, 7) is 0.352. The zero-order valence-electron chi connectivity index (χ0n) is 23.8. The van der Waals surface area contributed by atoms with Gasteiger partial charge in [0, 0.05) is 23.6 Å². The Morgan fingerprint density at radius 3 is 1.43 bits per heavy atom. The van der Waals surface area contributed by atoms with Crippen molar-refractivity contribution in [2.24, 2.45) is 0 Å². The number of aromatic nitrogens is 4. The Balaban J connectivity index is 1.35. The predicted molar refractivity (Wildman–Crippen MR) is 168 cm³/mol. The second-order valence-corrected chi connectivity index (χ2v) is 11.0. The summed E-state index contributed by atoms with van der Waals surface area (Å²) in [5, 5.41) is 39.5. The monoisotopic (exact) mass is 582 g/mol. The predicted octanol–water partition coefficient (Wildman–Crippen LogP) is 6.90. The van der Waals surface area contributed by atoms with Crippen LogP contribution >= 0.6 is 0 Å². The van der Waals surface area contributed by atoms with E-state index in [-0.39, 0.29) is 43.5 Å². The molecule has 218 valence electrons. The third kappa shape index (κ3) is 5.27. The number of fused-ring (bicyclic) bond motifs is 2. The topological polar surface area (TPSA) is 121 Å². The molecule has 0 aliphatic carbocycles. The van der Waals surface area contributed by atoms with Crippen molar-refractivity contribution >= 4 is 27.8 Å². The fourth-order valence-electron chi connectivity index (χ4n) is 5.71. The molecule has 0 saturated carbocycles. The van der Waals surface area contributed by atoms with Crippen LogP contribution in [0.4, 0.5) is 4.79 Å². The van der Waals surface area contributed by atoms with E-state index in [1.54, 1.807) is 22.2 Å². The first-order valence-corrected chi connectivity index (χ1v) is 14.4. The van der Waals surface area contributed by atoms with Crippen LogP contribution in [0.1, 0.15) is 22.3 Å². The van der Waals surface area contributed by atoms with Crippen molar-refractivity contribution < 1.29 is 15.0 Å². The van der Waals surface area contributed by atoms with Crippen LogP contribution in [-0.2, 0) is 25.9 Å². The summed E-state index contributed by atoms with van der Waals surface area (Å²) in [5.74, 6) is -0.629. The maximum atomic E-state index is 14.8. The lowest BCUT2D eigenvalue weighted by atomic mass is 10.0. The van der Waals surface area contributed by atoms with E-state index in [2.05, 4.69) is 20.4 Å². The number of benzene rings is 4. The van der Waals surface area contributed by atoms with Gasteiger partial charge in [-0.05, 0) is 46.5 Å². The summed E-state index contributed by atoms with van der Waals surface area (Å²) < 4.78 is 0. The van der Waals surface area contributed by atoms with Gasteiger partial charge in [0.25, 0.3) is 0 Å². The Morgan fingerprint density at radius 1 is 0.568 bits per heavy atom. The highest BCUT2D eigenvalue weighted by molar-refractivity contribution is 5.82. The van der Waals surface area contributed by atoms with E-state index < -0.39 is 0 Å². The average molecular weight is 583 g/mol. The molecule has 2 amide bonds. The number of aliphatic hydroxyl groups is 2.